The zero-order valence-corrected chi connectivity index (χ0v) is 6.75. The van der Waals surface area contributed by atoms with Crippen LogP contribution < -0.4 is 11.5 Å². The van der Waals surface area contributed by atoms with Crippen molar-refractivity contribution in [2.75, 3.05) is 5.73 Å². The van der Waals surface area contributed by atoms with Crippen LogP contribution in [0.1, 0.15) is 6.92 Å². The maximum Gasteiger partial charge on any atom is 0.214 e. The number of carbonyl (C=O) groups excluding carboxylic acids is 1. The molecule has 0 bridgehead atoms. The zero-order valence-electron chi connectivity index (χ0n) is 6.75. The summed E-state index contributed by atoms with van der Waals surface area (Å²) in [6, 6.07) is 6.15. The Hall–Kier alpha value is -1.58. The van der Waals surface area contributed by atoms with Crippen molar-refractivity contribution >= 4 is 11.6 Å². The van der Waals surface area contributed by atoms with Crippen LogP contribution >= 0.6 is 0 Å². The number of amides is 1. The lowest BCUT2D eigenvalue weighted by molar-refractivity contribution is -0.115. The lowest BCUT2D eigenvalue weighted by Gasteiger charge is -1.89. The molecule has 66 valence electrons. The molecule has 0 fully saturated rings. The van der Waals surface area contributed by atoms with E-state index in [0.717, 1.165) is 0 Å². The van der Waals surface area contributed by atoms with Gasteiger partial charge >= 0.3 is 0 Å². The van der Waals surface area contributed by atoms with Gasteiger partial charge in [-0.3, -0.25) is 4.79 Å². The monoisotopic (exact) mass is 170 g/mol. The Labute approximate surface area is 70.2 Å². The highest BCUT2D eigenvalue weighted by Gasteiger charge is 1.89. The fourth-order valence-electron chi connectivity index (χ4n) is 0.475. The highest BCUT2D eigenvalue weighted by atomic mass is 19.1. The van der Waals surface area contributed by atoms with Crippen LogP contribution in [0.5, 0.6) is 0 Å². The lowest BCUT2D eigenvalue weighted by atomic mass is 10.3. The van der Waals surface area contributed by atoms with Crippen LogP contribution in [-0.2, 0) is 4.79 Å². The molecular weight excluding hydrogens is 159 g/mol. The fraction of sp³-hybridized carbons (Fsp3) is 0.125. The van der Waals surface area contributed by atoms with E-state index in [0.29, 0.717) is 0 Å². The number of para-hydroxylation sites is 1. The third-order valence-corrected chi connectivity index (χ3v) is 0.905. The minimum atomic E-state index is -0.354. The Morgan fingerprint density at radius 2 is 1.83 bits per heavy atom. The highest BCUT2D eigenvalue weighted by molar-refractivity contribution is 5.70. The summed E-state index contributed by atoms with van der Waals surface area (Å²) in [7, 11) is 0. The maximum atomic E-state index is 12.2. The Balaban J connectivity index is 0.000000261. The standard InChI is InChI=1S/C6H6FN.C2H5NO/c7-5-3-1-2-4-6(5)8;1-2(3)4/h1-4H,8H2;1H3,(H2,3,4). The van der Waals surface area contributed by atoms with Gasteiger partial charge in [0.15, 0.2) is 0 Å². The third-order valence-electron chi connectivity index (χ3n) is 0.905. The van der Waals surface area contributed by atoms with Crippen LogP contribution in [0.2, 0.25) is 0 Å². The third kappa shape index (κ3) is 5.22. The van der Waals surface area contributed by atoms with Gasteiger partial charge < -0.3 is 11.5 Å². The summed E-state index contributed by atoms with van der Waals surface area (Å²) in [4.78, 5) is 9.22. The second kappa shape index (κ2) is 5.12. The fourth-order valence-corrected chi connectivity index (χ4v) is 0.475. The highest BCUT2D eigenvalue weighted by Crippen LogP contribution is 2.05. The summed E-state index contributed by atoms with van der Waals surface area (Å²) < 4.78 is 12.2. The molecule has 0 spiro atoms. The summed E-state index contributed by atoms with van der Waals surface area (Å²) in [6.45, 7) is 1.31. The average Bonchev–Trinajstić information content (AvgIpc) is 1.94. The first-order valence-corrected chi connectivity index (χ1v) is 3.30. The molecule has 0 saturated carbocycles. The molecular formula is C8H11FN2O. The predicted octanol–water partition coefficient (Wildman–Crippen LogP) is 0.899. The summed E-state index contributed by atoms with van der Waals surface area (Å²) in [6.07, 6.45) is 0. The molecule has 1 aromatic carbocycles. The Bertz CT molecular complexity index is 238. The topological polar surface area (TPSA) is 69.1 Å². The van der Waals surface area contributed by atoms with E-state index in [-0.39, 0.29) is 17.4 Å². The van der Waals surface area contributed by atoms with E-state index >= 15 is 0 Å². The van der Waals surface area contributed by atoms with E-state index in [4.69, 9.17) is 5.73 Å². The first-order chi connectivity index (χ1) is 5.54. The van der Waals surface area contributed by atoms with Crippen molar-refractivity contribution in [1.82, 2.24) is 0 Å². The molecule has 3 nitrogen and oxygen atoms in total. The number of hydrogen-bond acceptors (Lipinski definition) is 2. The van der Waals surface area contributed by atoms with Crippen molar-refractivity contribution in [3.63, 3.8) is 0 Å². The van der Waals surface area contributed by atoms with Gasteiger partial charge in [-0.2, -0.15) is 0 Å². The van der Waals surface area contributed by atoms with Crippen LogP contribution in [0, 0.1) is 5.82 Å². The molecule has 4 N–H and O–H groups in total. The number of nitrogens with two attached hydrogens (primary N) is 2. The largest absolute Gasteiger partial charge is 0.396 e. The summed E-state index contributed by atoms with van der Waals surface area (Å²) in [5.74, 6) is -0.687. The van der Waals surface area contributed by atoms with Gasteiger partial charge in [-0.25, -0.2) is 4.39 Å². The second-order valence-corrected chi connectivity index (χ2v) is 2.13. The Kier molecular flexibility index (Phi) is 4.45. The predicted molar refractivity (Wildman–Crippen MR) is 45.7 cm³/mol. The minimum Gasteiger partial charge on any atom is -0.396 e. The van der Waals surface area contributed by atoms with E-state index in [1.54, 1.807) is 12.1 Å². The normalized spacial score (nSPS) is 8.17. The lowest BCUT2D eigenvalue weighted by Crippen LogP contribution is -2.01. The van der Waals surface area contributed by atoms with Crippen molar-refractivity contribution in [2.24, 2.45) is 5.73 Å². The SMILES string of the molecule is CC(N)=O.Nc1ccccc1F. The van der Waals surface area contributed by atoms with E-state index in [1.165, 1.54) is 19.1 Å². The summed E-state index contributed by atoms with van der Waals surface area (Å²) in [5, 5.41) is 0. The van der Waals surface area contributed by atoms with Gasteiger partial charge in [0.25, 0.3) is 0 Å². The quantitative estimate of drug-likeness (QED) is 0.568. The van der Waals surface area contributed by atoms with Crippen molar-refractivity contribution in [1.29, 1.82) is 0 Å². The van der Waals surface area contributed by atoms with Crippen LogP contribution in [0.15, 0.2) is 24.3 Å². The first-order valence-electron chi connectivity index (χ1n) is 3.30. The van der Waals surface area contributed by atoms with E-state index in [9.17, 15) is 9.18 Å². The molecule has 0 aliphatic carbocycles. The molecule has 0 saturated heterocycles. The number of primary amides is 1. The molecule has 0 aliphatic heterocycles. The van der Waals surface area contributed by atoms with Crippen LogP contribution in [-0.4, -0.2) is 5.91 Å². The van der Waals surface area contributed by atoms with Gasteiger partial charge in [-0.05, 0) is 12.1 Å². The average molecular weight is 170 g/mol. The van der Waals surface area contributed by atoms with Crippen molar-refractivity contribution in [2.45, 2.75) is 6.92 Å². The molecule has 1 amide bonds. The first kappa shape index (κ1) is 10.4. The molecule has 0 radical (unpaired) electrons. The number of carbonyl (C=O) groups is 1. The number of rotatable bonds is 0. The summed E-state index contributed by atoms with van der Waals surface area (Å²) in [5.41, 5.74) is 9.82. The molecule has 0 atom stereocenters. The van der Waals surface area contributed by atoms with Gasteiger partial charge in [-0.1, -0.05) is 12.1 Å². The van der Waals surface area contributed by atoms with E-state index < -0.39 is 0 Å². The molecule has 0 heterocycles. The number of halogens is 1. The molecule has 1 rings (SSSR count). The van der Waals surface area contributed by atoms with Gasteiger partial charge in [0.05, 0.1) is 5.69 Å². The zero-order chi connectivity index (χ0) is 9.56. The number of hydrogen-bond donors (Lipinski definition) is 2. The van der Waals surface area contributed by atoms with Gasteiger partial charge in [0.1, 0.15) is 5.82 Å². The molecule has 4 heteroatoms. The van der Waals surface area contributed by atoms with Gasteiger partial charge in [0, 0.05) is 6.92 Å². The second-order valence-electron chi connectivity index (χ2n) is 2.13. The number of anilines is 1. The van der Waals surface area contributed by atoms with Crippen LogP contribution in [0.3, 0.4) is 0 Å². The Morgan fingerprint density at radius 3 is 2.08 bits per heavy atom. The summed E-state index contributed by atoms with van der Waals surface area (Å²) >= 11 is 0. The van der Waals surface area contributed by atoms with Crippen LogP contribution in [0.4, 0.5) is 10.1 Å². The number of nitrogen functional groups attached to an aromatic ring is 1. The van der Waals surface area contributed by atoms with E-state index in [1.807, 2.05) is 0 Å². The molecule has 0 aliphatic rings. The molecule has 0 aromatic heterocycles. The molecule has 12 heavy (non-hydrogen) atoms. The number of benzene rings is 1. The van der Waals surface area contributed by atoms with Gasteiger partial charge in [-0.15, -0.1) is 0 Å². The molecule has 0 unspecified atom stereocenters. The van der Waals surface area contributed by atoms with Gasteiger partial charge in [0.2, 0.25) is 5.91 Å². The van der Waals surface area contributed by atoms with Crippen molar-refractivity contribution in [3.05, 3.63) is 30.1 Å². The van der Waals surface area contributed by atoms with Crippen LogP contribution in [0.25, 0.3) is 0 Å². The van der Waals surface area contributed by atoms with Crippen molar-refractivity contribution in [3.8, 4) is 0 Å². The Morgan fingerprint density at radius 1 is 1.42 bits per heavy atom. The smallest absolute Gasteiger partial charge is 0.214 e. The molecule has 1 aromatic rings. The minimum absolute atomic E-state index is 0.201. The van der Waals surface area contributed by atoms with Crippen molar-refractivity contribution < 1.29 is 9.18 Å². The maximum absolute atomic E-state index is 12.2. The van der Waals surface area contributed by atoms with E-state index in [2.05, 4.69) is 5.73 Å².